The van der Waals surface area contributed by atoms with Crippen molar-refractivity contribution in [3.63, 3.8) is 0 Å². The summed E-state index contributed by atoms with van der Waals surface area (Å²) >= 11 is 1.40. The first-order chi connectivity index (χ1) is 16.4. The fraction of sp³-hybridized carbons (Fsp3) is 0.286. The lowest BCUT2D eigenvalue weighted by molar-refractivity contribution is 0.174. The van der Waals surface area contributed by atoms with Crippen molar-refractivity contribution in [2.45, 2.75) is 29.9 Å². The number of benzene rings is 1. The minimum atomic E-state index is -3.27. The summed E-state index contributed by atoms with van der Waals surface area (Å²) in [5.41, 5.74) is 7.95. The second kappa shape index (κ2) is 9.16. The van der Waals surface area contributed by atoms with Crippen LogP contribution in [0.2, 0.25) is 0 Å². The summed E-state index contributed by atoms with van der Waals surface area (Å²) in [5.74, 6) is 2.26. The maximum Gasteiger partial charge on any atom is 0.231 e. The number of sulfonamides is 1. The lowest BCUT2D eigenvalue weighted by Gasteiger charge is -2.11. The second-order valence-electron chi connectivity index (χ2n) is 7.41. The largest absolute Gasteiger partial charge is 0.464 e. The highest BCUT2D eigenvalue weighted by atomic mass is 32.2. The summed E-state index contributed by atoms with van der Waals surface area (Å²) < 4.78 is 44.8. The Kier molecular flexibility index (Phi) is 6.06. The maximum atomic E-state index is 11.8. The zero-order valence-corrected chi connectivity index (χ0v) is 19.9. The molecule has 0 amide bonds. The molecule has 4 aromatic rings. The number of aryl methyl sites for hydroxylation is 1. The molecule has 0 unspecified atom stereocenters. The maximum absolute atomic E-state index is 11.8. The fourth-order valence-corrected chi connectivity index (χ4v) is 5.23. The van der Waals surface area contributed by atoms with Gasteiger partial charge < -0.3 is 24.2 Å². The number of hydrogen-bond acceptors (Lipinski definition) is 10. The van der Waals surface area contributed by atoms with E-state index in [0.29, 0.717) is 53.1 Å². The summed E-state index contributed by atoms with van der Waals surface area (Å²) in [6.45, 7) is 2.52. The number of rotatable bonds is 9. The summed E-state index contributed by atoms with van der Waals surface area (Å²) in [5, 5.41) is 0.632. The van der Waals surface area contributed by atoms with Gasteiger partial charge in [-0.1, -0.05) is 11.8 Å². The quantitative estimate of drug-likeness (QED) is 0.327. The highest BCUT2D eigenvalue weighted by Gasteiger charge is 2.23. The minimum Gasteiger partial charge on any atom is -0.464 e. The van der Waals surface area contributed by atoms with Crippen molar-refractivity contribution in [3.05, 3.63) is 36.9 Å². The molecule has 4 heterocycles. The molecule has 0 bridgehead atoms. The van der Waals surface area contributed by atoms with E-state index in [9.17, 15) is 8.42 Å². The monoisotopic (exact) mass is 502 g/mol. The Balaban J connectivity index is 1.51. The molecule has 5 rings (SSSR count). The van der Waals surface area contributed by atoms with Gasteiger partial charge in [-0.15, -0.1) is 0 Å². The number of hydrogen-bond donors (Lipinski definition) is 2. The molecule has 0 aliphatic carbocycles. The van der Waals surface area contributed by atoms with Crippen LogP contribution in [0.3, 0.4) is 0 Å². The van der Waals surface area contributed by atoms with E-state index >= 15 is 0 Å². The van der Waals surface area contributed by atoms with Crippen molar-refractivity contribution >= 4 is 38.8 Å². The van der Waals surface area contributed by atoms with E-state index in [1.54, 1.807) is 13.2 Å². The average Bonchev–Trinajstić information content (AvgIpc) is 3.57. The highest BCUT2D eigenvalue weighted by Crippen LogP contribution is 2.45. The van der Waals surface area contributed by atoms with E-state index in [0.717, 1.165) is 10.5 Å². The second-order valence-corrected chi connectivity index (χ2v) is 10.5. The third kappa shape index (κ3) is 4.41. The Morgan fingerprint density at radius 2 is 2.06 bits per heavy atom. The van der Waals surface area contributed by atoms with Gasteiger partial charge in [-0.05, 0) is 37.6 Å². The fourth-order valence-electron chi connectivity index (χ4n) is 3.51. The van der Waals surface area contributed by atoms with Crippen LogP contribution >= 0.6 is 11.8 Å². The van der Waals surface area contributed by atoms with Gasteiger partial charge in [0.15, 0.2) is 33.6 Å². The van der Waals surface area contributed by atoms with E-state index in [2.05, 4.69) is 14.7 Å². The molecule has 3 aromatic heterocycles. The van der Waals surface area contributed by atoms with Crippen LogP contribution in [0.4, 0.5) is 5.82 Å². The van der Waals surface area contributed by atoms with Crippen LogP contribution in [0.15, 0.2) is 51.3 Å². The molecule has 0 spiro atoms. The van der Waals surface area contributed by atoms with Crippen LogP contribution in [0.25, 0.3) is 22.5 Å². The number of nitrogen functional groups attached to an aromatic ring is 1. The predicted molar refractivity (Wildman–Crippen MR) is 126 cm³/mol. The molecule has 0 fully saturated rings. The molecule has 178 valence electrons. The normalized spacial score (nSPS) is 13.1. The first-order valence-corrected chi connectivity index (χ1v) is 13.0. The molecule has 13 heteroatoms. The third-order valence-electron chi connectivity index (χ3n) is 5.25. The molecule has 3 N–H and O–H groups in total. The zero-order chi connectivity index (χ0) is 23.7. The first kappa shape index (κ1) is 22.5. The van der Waals surface area contributed by atoms with Crippen LogP contribution in [-0.2, 0) is 16.6 Å². The number of anilines is 1. The number of nitrogens with two attached hydrogens (primary N) is 1. The van der Waals surface area contributed by atoms with Crippen molar-refractivity contribution < 1.29 is 22.3 Å². The number of ether oxygens (including phenoxy) is 2. The van der Waals surface area contributed by atoms with Crippen molar-refractivity contribution in [2.24, 2.45) is 0 Å². The SMILES string of the molecule is CCS(=O)(=O)NCCCn1c(Sc2cc3c(cc2-c2ccco2)OCO3)nc2c(N)ncnc21. The average molecular weight is 503 g/mol. The van der Waals surface area contributed by atoms with Crippen molar-refractivity contribution in [2.75, 3.05) is 24.8 Å². The zero-order valence-electron chi connectivity index (χ0n) is 18.2. The van der Waals surface area contributed by atoms with E-state index in [1.807, 2.05) is 28.8 Å². The van der Waals surface area contributed by atoms with Crippen LogP contribution < -0.4 is 19.9 Å². The Labute approximate surface area is 199 Å². The van der Waals surface area contributed by atoms with Crippen LogP contribution in [-0.4, -0.2) is 47.0 Å². The summed E-state index contributed by atoms with van der Waals surface area (Å²) in [6.07, 6.45) is 3.53. The molecular formula is C21H22N6O5S2. The molecule has 0 saturated carbocycles. The van der Waals surface area contributed by atoms with Gasteiger partial charge in [-0.3, -0.25) is 0 Å². The molecule has 0 atom stereocenters. The number of fused-ring (bicyclic) bond motifs is 2. The van der Waals surface area contributed by atoms with Gasteiger partial charge in [0.25, 0.3) is 0 Å². The van der Waals surface area contributed by atoms with Crippen molar-refractivity contribution in [3.8, 4) is 22.8 Å². The third-order valence-corrected chi connectivity index (χ3v) is 7.70. The topological polar surface area (TPSA) is 147 Å². The standard InChI is InChI=1S/C21H22N6O5S2/c1-2-34(28,29)25-6-4-7-27-20-18(19(22)23-11-24-20)26-21(27)33-17-10-16-15(31-12-32-16)9-13(17)14-5-3-8-30-14/h3,5,8-11,25H,2,4,6-7,12H2,1H3,(H2,22,23,24). The summed E-state index contributed by atoms with van der Waals surface area (Å²) in [4.78, 5) is 14.0. The van der Waals surface area contributed by atoms with E-state index in [4.69, 9.17) is 24.6 Å². The minimum absolute atomic E-state index is 0.0333. The lowest BCUT2D eigenvalue weighted by atomic mass is 10.1. The molecular weight excluding hydrogens is 480 g/mol. The smallest absolute Gasteiger partial charge is 0.231 e. The molecule has 0 saturated heterocycles. The lowest BCUT2D eigenvalue weighted by Crippen LogP contribution is -2.27. The summed E-state index contributed by atoms with van der Waals surface area (Å²) in [7, 11) is -3.27. The predicted octanol–water partition coefficient (Wildman–Crippen LogP) is 2.88. The highest BCUT2D eigenvalue weighted by molar-refractivity contribution is 7.99. The van der Waals surface area contributed by atoms with Gasteiger partial charge in [0, 0.05) is 23.5 Å². The van der Waals surface area contributed by atoms with Gasteiger partial charge in [-0.2, -0.15) is 0 Å². The number of nitrogens with one attached hydrogen (secondary N) is 1. The molecule has 34 heavy (non-hydrogen) atoms. The van der Waals surface area contributed by atoms with Crippen molar-refractivity contribution in [1.29, 1.82) is 0 Å². The van der Waals surface area contributed by atoms with Gasteiger partial charge in [0.2, 0.25) is 16.8 Å². The van der Waals surface area contributed by atoms with E-state index in [-0.39, 0.29) is 18.4 Å². The number of aromatic nitrogens is 4. The van der Waals surface area contributed by atoms with Crippen LogP contribution in [0.1, 0.15) is 13.3 Å². The summed E-state index contributed by atoms with van der Waals surface area (Å²) in [6, 6.07) is 7.45. The molecule has 1 aliphatic heterocycles. The van der Waals surface area contributed by atoms with Crippen molar-refractivity contribution in [1.82, 2.24) is 24.2 Å². The van der Waals surface area contributed by atoms with Gasteiger partial charge >= 0.3 is 0 Å². The molecule has 1 aliphatic rings. The van der Waals surface area contributed by atoms with Crippen LogP contribution in [0.5, 0.6) is 11.5 Å². The van der Waals surface area contributed by atoms with E-state index in [1.165, 1.54) is 18.1 Å². The van der Waals surface area contributed by atoms with Crippen LogP contribution in [0, 0.1) is 0 Å². The Hall–Kier alpha value is -3.29. The Bertz CT molecular complexity index is 1440. The van der Waals surface area contributed by atoms with Gasteiger partial charge in [0.1, 0.15) is 12.1 Å². The van der Waals surface area contributed by atoms with Gasteiger partial charge in [0.05, 0.1) is 12.0 Å². The molecule has 0 radical (unpaired) electrons. The van der Waals surface area contributed by atoms with E-state index < -0.39 is 10.0 Å². The number of imidazole rings is 1. The van der Waals surface area contributed by atoms with Gasteiger partial charge in [-0.25, -0.2) is 28.1 Å². The number of furan rings is 1. The molecule has 1 aromatic carbocycles. The Morgan fingerprint density at radius 3 is 2.82 bits per heavy atom. The first-order valence-electron chi connectivity index (χ1n) is 10.5. The number of nitrogens with zero attached hydrogens (tertiary/aromatic N) is 4. The Morgan fingerprint density at radius 1 is 1.24 bits per heavy atom. The molecule has 11 nitrogen and oxygen atoms in total.